The normalized spacial score (nSPS) is 11.3. The molecule has 0 spiro atoms. The zero-order valence-corrected chi connectivity index (χ0v) is 17.9. The first-order valence-corrected chi connectivity index (χ1v) is 9.82. The van der Waals surface area contributed by atoms with E-state index in [-0.39, 0.29) is 0 Å². The summed E-state index contributed by atoms with van der Waals surface area (Å²) in [6.45, 7) is 4.01. The van der Waals surface area contributed by atoms with Crippen molar-refractivity contribution in [3.63, 3.8) is 0 Å². The van der Waals surface area contributed by atoms with Crippen molar-refractivity contribution in [1.29, 1.82) is 0 Å². The van der Waals surface area contributed by atoms with E-state index in [2.05, 4.69) is 22.3 Å². The number of hydrogen-bond acceptors (Lipinski definition) is 5. The van der Waals surface area contributed by atoms with Crippen LogP contribution in [0.1, 0.15) is 18.3 Å². The predicted molar refractivity (Wildman–Crippen MR) is 117 cm³/mol. The monoisotopic (exact) mass is 408 g/mol. The molecule has 2 aromatic carbocycles. The number of nitrogens with zero attached hydrogens (tertiary/aromatic N) is 5. The van der Waals surface area contributed by atoms with Gasteiger partial charge < -0.3 is 19.7 Å². The molecule has 0 bridgehead atoms. The maximum Gasteiger partial charge on any atom is 0.194 e. The Balaban J connectivity index is 1.65. The lowest BCUT2D eigenvalue weighted by Crippen LogP contribution is -2.39. The Kier molecular flexibility index (Phi) is 7.26. The van der Waals surface area contributed by atoms with Gasteiger partial charge in [-0.2, -0.15) is 5.10 Å². The fourth-order valence-electron chi connectivity index (χ4n) is 2.88. The van der Waals surface area contributed by atoms with Crippen molar-refractivity contribution in [3.8, 4) is 17.2 Å². The van der Waals surface area contributed by atoms with Gasteiger partial charge in [-0.05, 0) is 36.8 Å². The largest absolute Gasteiger partial charge is 0.493 e. The highest BCUT2D eigenvalue weighted by Gasteiger charge is 2.10. The molecule has 0 radical (unpaired) electrons. The fourth-order valence-corrected chi connectivity index (χ4v) is 2.88. The summed E-state index contributed by atoms with van der Waals surface area (Å²) in [5.41, 5.74) is 1.09. The molecule has 3 rings (SSSR count). The standard InChI is InChI=1S/C22H28N6O2/c1-5-23-22(27(2)15-21-25-16-26-28(21)3)24-14-17-10-12-18(13-11-17)30-20-9-7-6-8-19(20)29-4/h6-13,16H,5,14-15H2,1-4H3,(H,23,24). The maximum absolute atomic E-state index is 5.93. The number of methoxy groups -OCH3 is 1. The van der Waals surface area contributed by atoms with Gasteiger partial charge in [-0.1, -0.05) is 24.3 Å². The third-order valence-electron chi connectivity index (χ3n) is 4.51. The molecule has 1 heterocycles. The van der Waals surface area contributed by atoms with Crippen LogP contribution in [0.4, 0.5) is 0 Å². The highest BCUT2D eigenvalue weighted by atomic mass is 16.5. The summed E-state index contributed by atoms with van der Waals surface area (Å²) >= 11 is 0. The lowest BCUT2D eigenvalue weighted by molar-refractivity contribution is 0.379. The van der Waals surface area contributed by atoms with Gasteiger partial charge in [0.05, 0.1) is 20.2 Å². The number of hydrogen-bond donors (Lipinski definition) is 1. The molecule has 1 aromatic heterocycles. The molecular weight excluding hydrogens is 380 g/mol. The summed E-state index contributed by atoms with van der Waals surface area (Å²) in [6.07, 6.45) is 1.56. The van der Waals surface area contributed by atoms with E-state index in [1.807, 2.05) is 67.5 Å². The van der Waals surface area contributed by atoms with Gasteiger partial charge in [0.15, 0.2) is 17.5 Å². The summed E-state index contributed by atoms with van der Waals surface area (Å²) < 4.78 is 13.0. The van der Waals surface area contributed by atoms with Crippen molar-refractivity contribution >= 4 is 5.96 Å². The maximum atomic E-state index is 5.93. The van der Waals surface area contributed by atoms with Gasteiger partial charge in [0.25, 0.3) is 0 Å². The van der Waals surface area contributed by atoms with Crippen molar-refractivity contribution in [3.05, 3.63) is 66.2 Å². The number of rotatable bonds is 8. The van der Waals surface area contributed by atoms with Crippen LogP contribution >= 0.6 is 0 Å². The van der Waals surface area contributed by atoms with Crippen molar-refractivity contribution in [2.75, 3.05) is 20.7 Å². The van der Waals surface area contributed by atoms with Crippen LogP contribution in [0.2, 0.25) is 0 Å². The third-order valence-corrected chi connectivity index (χ3v) is 4.51. The minimum absolute atomic E-state index is 0.556. The highest BCUT2D eigenvalue weighted by molar-refractivity contribution is 5.79. The zero-order valence-electron chi connectivity index (χ0n) is 17.9. The Morgan fingerprint density at radius 3 is 2.50 bits per heavy atom. The SMILES string of the molecule is CCNC(=NCc1ccc(Oc2ccccc2OC)cc1)N(C)Cc1ncnn1C. The summed E-state index contributed by atoms with van der Waals surface area (Å²) in [5, 5.41) is 7.44. The second kappa shape index (κ2) is 10.3. The molecule has 0 amide bonds. The molecule has 1 N–H and O–H groups in total. The zero-order chi connectivity index (χ0) is 21.3. The number of aryl methyl sites for hydroxylation is 1. The van der Waals surface area contributed by atoms with Gasteiger partial charge in [-0.15, -0.1) is 0 Å². The Labute approximate surface area is 177 Å². The average molecular weight is 409 g/mol. The van der Waals surface area contributed by atoms with Gasteiger partial charge >= 0.3 is 0 Å². The number of aliphatic imine (C=N–C) groups is 1. The van der Waals surface area contributed by atoms with E-state index >= 15 is 0 Å². The lowest BCUT2D eigenvalue weighted by Gasteiger charge is -2.21. The molecule has 0 aliphatic carbocycles. The Hall–Kier alpha value is -3.55. The average Bonchev–Trinajstić information content (AvgIpc) is 3.16. The van der Waals surface area contributed by atoms with Crippen molar-refractivity contribution in [2.24, 2.45) is 12.0 Å². The number of aromatic nitrogens is 3. The lowest BCUT2D eigenvalue weighted by atomic mass is 10.2. The first kappa shape index (κ1) is 21.2. The summed E-state index contributed by atoms with van der Waals surface area (Å²) in [5.74, 6) is 3.83. The fraction of sp³-hybridized carbons (Fsp3) is 0.318. The molecule has 0 aliphatic rings. The van der Waals surface area contributed by atoms with Gasteiger partial charge in [-0.3, -0.25) is 4.68 Å². The van der Waals surface area contributed by atoms with Crippen LogP contribution in [0.5, 0.6) is 17.2 Å². The molecule has 0 saturated heterocycles. The predicted octanol–water partition coefficient (Wildman–Crippen LogP) is 3.21. The summed E-state index contributed by atoms with van der Waals surface area (Å²) in [7, 11) is 5.50. The first-order valence-electron chi connectivity index (χ1n) is 9.82. The van der Waals surface area contributed by atoms with Crippen molar-refractivity contribution in [1.82, 2.24) is 25.0 Å². The van der Waals surface area contributed by atoms with Crippen LogP contribution in [0, 0.1) is 0 Å². The molecule has 0 saturated carbocycles. The van der Waals surface area contributed by atoms with E-state index in [0.717, 1.165) is 29.6 Å². The van der Waals surface area contributed by atoms with Crippen LogP contribution in [0.15, 0.2) is 59.9 Å². The third kappa shape index (κ3) is 5.50. The quantitative estimate of drug-likeness (QED) is 0.456. The molecular formula is C22H28N6O2. The molecule has 0 aliphatic heterocycles. The van der Waals surface area contributed by atoms with E-state index in [1.54, 1.807) is 18.1 Å². The van der Waals surface area contributed by atoms with Crippen LogP contribution in [-0.4, -0.2) is 46.3 Å². The van der Waals surface area contributed by atoms with Crippen molar-refractivity contribution in [2.45, 2.75) is 20.0 Å². The smallest absolute Gasteiger partial charge is 0.194 e. The van der Waals surface area contributed by atoms with Crippen LogP contribution < -0.4 is 14.8 Å². The van der Waals surface area contributed by atoms with E-state index in [0.29, 0.717) is 24.6 Å². The minimum Gasteiger partial charge on any atom is -0.493 e. The minimum atomic E-state index is 0.556. The van der Waals surface area contributed by atoms with Crippen LogP contribution in [-0.2, 0) is 20.1 Å². The van der Waals surface area contributed by atoms with Crippen molar-refractivity contribution < 1.29 is 9.47 Å². The first-order chi connectivity index (χ1) is 14.6. The van der Waals surface area contributed by atoms with Gasteiger partial charge in [0.2, 0.25) is 0 Å². The Morgan fingerprint density at radius 2 is 1.87 bits per heavy atom. The molecule has 0 atom stereocenters. The van der Waals surface area contributed by atoms with E-state index in [4.69, 9.17) is 14.5 Å². The molecule has 8 heteroatoms. The number of ether oxygens (including phenoxy) is 2. The van der Waals surface area contributed by atoms with Crippen LogP contribution in [0.3, 0.4) is 0 Å². The molecule has 8 nitrogen and oxygen atoms in total. The molecule has 0 fully saturated rings. The number of nitrogens with one attached hydrogen (secondary N) is 1. The van der Waals surface area contributed by atoms with E-state index in [1.165, 1.54) is 0 Å². The molecule has 0 unspecified atom stereocenters. The van der Waals surface area contributed by atoms with Gasteiger partial charge in [0.1, 0.15) is 17.9 Å². The van der Waals surface area contributed by atoms with E-state index < -0.39 is 0 Å². The number of benzene rings is 2. The Morgan fingerprint density at radius 1 is 1.13 bits per heavy atom. The van der Waals surface area contributed by atoms with Gasteiger partial charge in [-0.25, -0.2) is 9.98 Å². The molecule has 158 valence electrons. The number of guanidine groups is 1. The molecule has 3 aromatic rings. The van der Waals surface area contributed by atoms with Gasteiger partial charge in [0, 0.05) is 20.6 Å². The highest BCUT2D eigenvalue weighted by Crippen LogP contribution is 2.30. The second-order valence-corrected chi connectivity index (χ2v) is 6.72. The summed E-state index contributed by atoms with van der Waals surface area (Å²) in [4.78, 5) is 11.1. The number of para-hydroxylation sites is 2. The molecule has 30 heavy (non-hydrogen) atoms. The van der Waals surface area contributed by atoms with E-state index in [9.17, 15) is 0 Å². The summed E-state index contributed by atoms with van der Waals surface area (Å²) in [6, 6.07) is 15.5. The Bertz CT molecular complexity index is 968. The van der Waals surface area contributed by atoms with Crippen LogP contribution in [0.25, 0.3) is 0 Å². The second-order valence-electron chi connectivity index (χ2n) is 6.72. The topological polar surface area (TPSA) is 76.8 Å².